The first kappa shape index (κ1) is 14.1. The molecule has 1 aromatic carbocycles. The van der Waals surface area contributed by atoms with Crippen molar-refractivity contribution >= 4 is 11.9 Å². The number of aryl methyl sites for hydroxylation is 1. The Balaban J connectivity index is 1.67. The van der Waals surface area contributed by atoms with Gasteiger partial charge in [-0.2, -0.15) is 0 Å². The Morgan fingerprint density at radius 1 is 1.19 bits per heavy atom. The third-order valence-electron chi connectivity index (χ3n) is 4.75. The number of carbonyl (C=O) groups excluding carboxylic acids is 1. The van der Waals surface area contributed by atoms with E-state index in [4.69, 9.17) is 5.11 Å². The largest absolute Gasteiger partial charge is 0.478 e. The quantitative estimate of drug-likeness (QED) is 0.894. The van der Waals surface area contributed by atoms with E-state index in [-0.39, 0.29) is 11.9 Å². The molecule has 0 aliphatic heterocycles. The third-order valence-corrected chi connectivity index (χ3v) is 4.75. The highest BCUT2D eigenvalue weighted by molar-refractivity contribution is 5.88. The summed E-state index contributed by atoms with van der Waals surface area (Å²) in [5, 5.41) is 12.2. The number of aromatic carboxylic acids is 1. The van der Waals surface area contributed by atoms with Gasteiger partial charge in [0.2, 0.25) is 5.91 Å². The van der Waals surface area contributed by atoms with E-state index >= 15 is 0 Å². The zero-order valence-corrected chi connectivity index (χ0v) is 12.1. The highest BCUT2D eigenvalue weighted by atomic mass is 16.4. The predicted molar refractivity (Wildman–Crippen MR) is 79.2 cm³/mol. The highest BCUT2D eigenvalue weighted by Gasteiger charge is 2.26. The second-order valence-electron chi connectivity index (χ2n) is 6.23. The molecule has 0 heterocycles. The molecule has 3 rings (SSSR count). The summed E-state index contributed by atoms with van der Waals surface area (Å²) in [4.78, 5) is 23.2. The Morgan fingerprint density at radius 3 is 2.67 bits per heavy atom. The molecule has 1 atom stereocenters. The second-order valence-corrected chi connectivity index (χ2v) is 6.23. The van der Waals surface area contributed by atoms with Gasteiger partial charge in [0.15, 0.2) is 0 Å². The van der Waals surface area contributed by atoms with Crippen molar-refractivity contribution in [1.82, 2.24) is 5.32 Å². The molecule has 2 N–H and O–H groups in total. The van der Waals surface area contributed by atoms with E-state index in [0.717, 1.165) is 36.8 Å². The Kier molecular flexibility index (Phi) is 3.95. The normalized spacial score (nSPS) is 21.2. The van der Waals surface area contributed by atoms with Gasteiger partial charge in [-0.25, -0.2) is 4.79 Å². The number of hydrogen-bond acceptors (Lipinski definition) is 2. The molecule has 2 aliphatic carbocycles. The lowest BCUT2D eigenvalue weighted by molar-refractivity contribution is -0.122. The van der Waals surface area contributed by atoms with Crippen LogP contribution in [-0.2, 0) is 11.2 Å². The minimum Gasteiger partial charge on any atom is -0.478 e. The lowest BCUT2D eigenvalue weighted by atomic mass is 10.0. The van der Waals surface area contributed by atoms with Crippen LogP contribution in [0.2, 0.25) is 0 Å². The van der Waals surface area contributed by atoms with Crippen LogP contribution in [0.5, 0.6) is 0 Å². The standard InChI is InChI=1S/C17H21NO3/c19-16(9-11-3-1-2-4-11)18-15-8-7-12-5-6-13(17(20)21)10-14(12)15/h5-6,10-11,15H,1-4,7-9H2,(H,18,19)(H,20,21). The lowest BCUT2D eigenvalue weighted by Gasteiger charge is -2.16. The number of carbonyl (C=O) groups is 2. The van der Waals surface area contributed by atoms with Crippen molar-refractivity contribution < 1.29 is 14.7 Å². The molecule has 1 amide bonds. The van der Waals surface area contributed by atoms with Crippen molar-refractivity contribution in [2.75, 3.05) is 0 Å². The van der Waals surface area contributed by atoms with Gasteiger partial charge in [-0.05, 0) is 54.9 Å². The van der Waals surface area contributed by atoms with E-state index in [1.807, 2.05) is 6.07 Å². The van der Waals surface area contributed by atoms with Crippen LogP contribution in [0, 0.1) is 5.92 Å². The summed E-state index contributed by atoms with van der Waals surface area (Å²) in [7, 11) is 0. The first-order chi connectivity index (χ1) is 10.1. The zero-order chi connectivity index (χ0) is 14.8. The van der Waals surface area contributed by atoms with Crippen LogP contribution in [0.25, 0.3) is 0 Å². The molecule has 1 aromatic rings. The summed E-state index contributed by atoms with van der Waals surface area (Å²) < 4.78 is 0. The average molecular weight is 287 g/mol. The number of amides is 1. The maximum Gasteiger partial charge on any atom is 0.335 e. The molecule has 0 spiro atoms. The topological polar surface area (TPSA) is 66.4 Å². The zero-order valence-electron chi connectivity index (χ0n) is 12.1. The molecule has 0 radical (unpaired) electrons. The number of hydrogen-bond donors (Lipinski definition) is 2. The minimum absolute atomic E-state index is 0.0202. The summed E-state index contributed by atoms with van der Waals surface area (Å²) in [6.07, 6.45) is 7.21. The molecular weight excluding hydrogens is 266 g/mol. The molecule has 112 valence electrons. The van der Waals surface area contributed by atoms with Crippen molar-refractivity contribution in [1.29, 1.82) is 0 Å². The molecule has 1 fully saturated rings. The average Bonchev–Trinajstić information content (AvgIpc) is 3.08. The molecule has 4 nitrogen and oxygen atoms in total. The van der Waals surface area contributed by atoms with Gasteiger partial charge in [0.05, 0.1) is 11.6 Å². The van der Waals surface area contributed by atoms with Gasteiger partial charge in [-0.15, -0.1) is 0 Å². The van der Waals surface area contributed by atoms with Crippen molar-refractivity contribution in [2.24, 2.45) is 5.92 Å². The third kappa shape index (κ3) is 3.09. The van der Waals surface area contributed by atoms with Gasteiger partial charge in [-0.3, -0.25) is 4.79 Å². The molecule has 4 heteroatoms. The summed E-state index contributed by atoms with van der Waals surface area (Å²) in [6, 6.07) is 5.21. The number of fused-ring (bicyclic) bond motifs is 1. The smallest absolute Gasteiger partial charge is 0.335 e. The number of carboxylic acids is 1. The lowest BCUT2D eigenvalue weighted by Crippen LogP contribution is -2.28. The van der Waals surface area contributed by atoms with Gasteiger partial charge in [0.25, 0.3) is 0 Å². The molecule has 2 aliphatic rings. The van der Waals surface area contributed by atoms with Crippen LogP contribution >= 0.6 is 0 Å². The molecule has 0 aromatic heterocycles. The SMILES string of the molecule is O=C(CC1CCCC1)NC1CCc2ccc(C(=O)O)cc21. The van der Waals surface area contributed by atoms with Gasteiger partial charge in [0, 0.05) is 6.42 Å². The maximum atomic E-state index is 12.2. The van der Waals surface area contributed by atoms with E-state index < -0.39 is 5.97 Å². The maximum absolute atomic E-state index is 12.2. The first-order valence-corrected chi connectivity index (χ1v) is 7.79. The van der Waals surface area contributed by atoms with Gasteiger partial charge >= 0.3 is 5.97 Å². The summed E-state index contributed by atoms with van der Waals surface area (Å²) in [6.45, 7) is 0. The fraction of sp³-hybridized carbons (Fsp3) is 0.529. The summed E-state index contributed by atoms with van der Waals surface area (Å²) in [5.74, 6) is -0.266. The molecule has 1 unspecified atom stereocenters. The number of nitrogens with one attached hydrogen (secondary N) is 1. The van der Waals surface area contributed by atoms with Crippen molar-refractivity contribution in [3.05, 3.63) is 34.9 Å². The van der Waals surface area contributed by atoms with E-state index in [1.54, 1.807) is 12.1 Å². The van der Waals surface area contributed by atoms with Crippen molar-refractivity contribution in [3.8, 4) is 0 Å². The fourth-order valence-corrected chi connectivity index (χ4v) is 3.62. The number of carboxylic acid groups (broad SMARTS) is 1. The Morgan fingerprint density at radius 2 is 1.95 bits per heavy atom. The monoisotopic (exact) mass is 287 g/mol. The molecule has 0 bridgehead atoms. The van der Waals surface area contributed by atoms with Crippen molar-refractivity contribution in [2.45, 2.75) is 51.0 Å². The molecule has 0 saturated heterocycles. The number of benzene rings is 1. The Bertz CT molecular complexity index is 561. The molecule has 21 heavy (non-hydrogen) atoms. The van der Waals surface area contributed by atoms with Crippen LogP contribution in [0.3, 0.4) is 0 Å². The Labute approximate surface area is 124 Å². The summed E-state index contributed by atoms with van der Waals surface area (Å²) >= 11 is 0. The Hall–Kier alpha value is -1.84. The van der Waals surface area contributed by atoms with Crippen LogP contribution in [0.1, 0.15) is 66.1 Å². The van der Waals surface area contributed by atoms with Crippen LogP contribution < -0.4 is 5.32 Å². The van der Waals surface area contributed by atoms with Crippen molar-refractivity contribution in [3.63, 3.8) is 0 Å². The molecule has 1 saturated carbocycles. The number of rotatable bonds is 4. The first-order valence-electron chi connectivity index (χ1n) is 7.79. The second kappa shape index (κ2) is 5.88. The van der Waals surface area contributed by atoms with Crippen LogP contribution in [0.15, 0.2) is 18.2 Å². The van der Waals surface area contributed by atoms with Gasteiger partial charge in [-0.1, -0.05) is 18.9 Å². The van der Waals surface area contributed by atoms with E-state index in [0.29, 0.717) is 17.9 Å². The molecular formula is C17H21NO3. The van der Waals surface area contributed by atoms with Gasteiger partial charge < -0.3 is 10.4 Å². The van der Waals surface area contributed by atoms with Gasteiger partial charge in [0.1, 0.15) is 0 Å². The van der Waals surface area contributed by atoms with Crippen LogP contribution in [-0.4, -0.2) is 17.0 Å². The van der Waals surface area contributed by atoms with Crippen LogP contribution in [0.4, 0.5) is 0 Å². The van der Waals surface area contributed by atoms with E-state index in [1.165, 1.54) is 12.8 Å². The fourth-order valence-electron chi connectivity index (χ4n) is 3.62. The predicted octanol–water partition coefficient (Wildman–Crippen LogP) is 3.07. The minimum atomic E-state index is -0.916. The summed E-state index contributed by atoms with van der Waals surface area (Å²) in [5.41, 5.74) is 2.44. The highest BCUT2D eigenvalue weighted by Crippen LogP contribution is 2.33. The van der Waals surface area contributed by atoms with E-state index in [2.05, 4.69) is 5.32 Å². The van der Waals surface area contributed by atoms with E-state index in [9.17, 15) is 9.59 Å².